The van der Waals surface area contributed by atoms with E-state index in [1.807, 2.05) is 28.0 Å². The number of anilines is 1. The van der Waals surface area contributed by atoms with E-state index < -0.39 is 0 Å². The molecule has 5 fully saturated rings. The quantitative estimate of drug-likeness (QED) is 0.209. The highest BCUT2D eigenvalue weighted by molar-refractivity contribution is 5.95. The molecule has 8 rings (SSSR count). The number of hydrogen-bond donors (Lipinski definition) is 0. The van der Waals surface area contributed by atoms with Crippen LogP contribution in [0.15, 0.2) is 48.9 Å². The van der Waals surface area contributed by atoms with Gasteiger partial charge in [0.1, 0.15) is 17.7 Å². The molecule has 52 heavy (non-hydrogen) atoms. The number of carbonyl (C=O) groups is 2. The number of hydrogen-bond acceptors (Lipinski definition) is 6. The zero-order chi connectivity index (χ0) is 36.9. The summed E-state index contributed by atoms with van der Waals surface area (Å²) in [6.07, 6.45) is 16.0. The van der Waals surface area contributed by atoms with Crippen molar-refractivity contribution in [2.24, 2.45) is 16.7 Å². The summed E-state index contributed by atoms with van der Waals surface area (Å²) in [5.74, 6) is 1.70. The van der Waals surface area contributed by atoms with E-state index in [1.54, 1.807) is 12.0 Å². The SMILES string of the molecule is CCC(C)(C)n1cc(-c2ccnc(N(CC34CCC(c5ccc(OC)c(C)c5)(CC3)CC4)C(=O)[C@H]3CC[C@H](OC(=O)N4CC(C)(C)C4)CC3)c2)cn1. The van der Waals surface area contributed by atoms with Crippen molar-refractivity contribution < 1.29 is 19.1 Å². The summed E-state index contributed by atoms with van der Waals surface area (Å²) in [5.41, 5.74) is 5.00. The van der Waals surface area contributed by atoms with Crippen LogP contribution in [0.4, 0.5) is 10.6 Å². The van der Waals surface area contributed by atoms with Gasteiger partial charge in [-0.25, -0.2) is 9.78 Å². The zero-order valence-electron chi connectivity index (χ0n) is 32.5. The summed E-state index contributed by atoms with van der Waals surface area (Å²) in [5, 5.41) is 4.71. The first-order chi connectivity index (χ1) is 24.7. The van der Waals surface area contributed by atoms with Gasteiger partial charge in [-0.05, 0) is 137 Å². The number of ether oxygens (including phenoxy) is 2. The maximum absolute atomic E-state index is 14.8. The van der Waals surface area contributed by atoms with Gasteiger partial charge in [-0.2, -0.15) is 5.10 Å². The van der Waals surface area contributed by atoms with E-state index in [0.717, 1.165) is 80.7 Å². The molecule has 3 aromatic rings. The number of aromatic nitrogens is 3. The van der Waals surface area contributed by atoms with Gasteiger partial charge >= 0.3 is 6.09 Å². The molecule has 1 aliphatic heterocycles. The average Bonchev–Trinajstić information content (AvgIpc) is 3.66. The second-order valence-electron chi connectivity index (χ2n) is 18.0. The van der Waals surface area contributed by atoms with Crippen LogP contribution in [0.1, 0.15) is 116 Å². The fraction of sp³-hybridized carbons (Fsp3) is 0.628. The number of likely N-dealkylation sites (tertiary alicyclic amines) is 1. The number of aryl methyl sites for hydroxylation is 1. The Kier molecular flexibility index (Phi) is 9.70. The van der Waals surface area contributed by atoms with Crippen molar-refractivity contribution in [2.75, 3.05) is 31.6 Å². The lowest BCUT2D eigenvalue weighted by Gasteiger charge is -2.55. The normalized spacial score (nSPS) is 26.8. The molecule has 1 saturated heterocycles. The number of benzene rings is 1. The van der Waals surface area contributed by atoms with Crippen LogP contribution in [-0.2, 0) is 20.5 Å². The molecule has 2 bridgehead atoms. The predicted molar refractivity (Wildman–Crippen MR) is 205 cm³/mol. The van der Waals surface area contributed by atoms with Gasteiger partial charge < -0.3 is 14.4 Å². The summed E-state index contributed by atoms with van der Waals surface area (Å²) in [7, 11) is 1.74. The molecule has 0 unspecified atom stereocenters. The number of methoxy groups -OCH3 is 1. The Bertz CT molecular complexity index is 1750. The molecule has 2 aromatic heterocycles. The van der Waals surface area contributed by atoms with Crippen LogP contribution in [0.3, 0.4) is 0 Å². The molecule has 0 atom stereocenters. The molecule has 4 aliphatic carbocycles. The Morgan fingerprint density at radius 3 is 2.27 bits per heavy atom. The summed E-state index contributed by atoms with van der Waals surface area (Å²) >= 11 is 0. The van der Waals surface area contributed by atoms with Crippen molar-refractivity contribution in [2.45, 2.75) is 129 Å². The van der Waals surface area contributed by atoms with Gasteiger partial charge in [0.15, 0.2) is 0 Å². The Balaban J connectivity index is 1.10. The van der Waals surface area contributed by atoms with Gasteiger partial charge in [0.2, 0.25) is 5.91 Å². The molecule has 280 valence electrons. The molecule has 9 heteroatoms. The van der Waals surface area contributed by atoms with Crippen LogP contribution in [0.5, 0.6) is 5.75 Å². The molecule has 0 N–H and O–H groups in total. The van der Waals surface area contributed by atoms with Gasteiger partial charge in [0.05, 0.1) is 18.8 Å². The Morgan fingerprint density at radius 1 is 0.962 bits per heavy atom. The number of carbonyl (C=O) groups excluding carboxylic acids is 2. The lowest BCUT2D eigenvalue weighted by molar-refractivity contribution is -0.124. The van der Waals surface area contributed by atoms with E-state index in [9.17, 15) is 9.59 Å². The largest absolute Gasteiger partial charge is 0.496 e. The first kappa shape index (κ1) is 36.5. The van der Waals surface area contributed by atoms with Crippen molar-refractivity contribution in [1.29, 1.82) is 0 Å². The summed E-state index contributed by atoms with van der Waals surface area (Å²) in [4.78, 5) is 36.2. The highest BCUT2D eigenvalue weighted by Crippen LogP contribution is 2.58. The minimum atomic E-state index is -0.211. The fourth-order valence-corrected chi connectivity index (χ4v) is 9.44. The molecule has 0 spiro atoms. The van der Waals surface area contributed by atoms with Crippen LogP contribution in [0.2, 0.25) is 0 Å². The second kappa shape index (κ2) is 13.8. The number of nitrogens with zero attached hydrogens (tertiary/aromatic N) is 5. The fourth-order valence-electron chi connectivity index (χ4n) is 9.44. The van der Waals surface area contributed by atoms with E-state index in [1.165, 1.54) is 11.1 Å². The predicted octanol–water partition coefficient (Wildman–Crippen LogP) is 9.07. The molecule has 0 radical (unpaired) electrons. The van der Waals surface area contributed by atoms with Crippen LogP contribution in [-0.4, -0.2) is 64.5 Å². The second-order valence-corrected chi connectivity index (χ2v) is 18.0. The standard InChI is InChI=1S/C43H59N5O4/c1-8-41(5,6)48-26-33(25-45-48)32-15-22-44-37(24-32)47(38(49)31-9-12-35(13-10-31)52-39(50)46-27-40(3,4)28-46)29-42-16-19-43(20-17-42,21-18-42)34-11-14-36(51-7)30(2)23-34/h11,14-15,22-26,31,35H,8-10,12-13,16-21,27-29H2,1-7H3/t31-,35-,42?,43?. The van der Waals surface area contributed by atoms with Crippen molar-refractivity contribution in [1.82, 2.24) is 19.7 Å². The third-order valence-corrected chi connectivity index (χ3v) is 13.4. The smallest absolute Gasteiger partial charge is 0.410 e. The van der Waals surface area contributed by atoms with Crippen LogP contribution < -0.4 is 9.64 Å². The van der Waals surface area contributed by atoms with Crippen molar-refractivity contribution in [3.63, 3.8) is 0 Å². The van der Waals surface area contributed by atoms with Gasteiger partial charge in [-0.15, -0.1) is 0 Å². The average molecular weight is 710 g/mol. The van der Waals surface area contributed by atoms with Crippen LogP contribution >= 0.6 is 0 Å². The first-order valence-electron chi connectivity index (χ1n) is 19.7. The highest BCUT2D eigenvalue weighted by atomic mass is 16.6. The summed E-state index contributed by atoms with van der Waals surface area (Å²) < 4.78 is 13.5. The zero-order valence-corrected chi connectivity index (χ0v) is 32.5. The molecule has 2 amide bonds. The van der Waals surface area contributed by atoms with E-state index in [2.05, 4.69) is 72.0 Å². The lowest BCUT2D eigenvalue weighted by Crippen LogP contribution is -2.56. The van der Waals surface area contributed by atoms with Crippen molar-refractivity contribution in [3.8, 4) is 16.9 Å². The third kappa shape index (κ3) is 7.08. The number of rotatable bonds is 10. The summed E-state index contributed by atoms with van der Waals surface area (Å²) in [6.45, 7) is 15.2. The number of amides is 2. The van der Waals surface area contributed by atoms with E-state index in [4.69, 9.17) is 19.6 Å². The number of pyridine rings is 1. The minimum absolute atomic E-state index is 0.0599. The molecular formula is C43H59N5O4. The van der Waals surface area contributed by atoms with E-state index in [0.29, 0.717) is 32.2 Å². The molecule has 4 saturated carbocycles. The Hall–Kier alpha value is -3.88. The molecule has 5 aliphatic rings. The highest BCUT2D eigenvalue weighted by Gasteiger charge is 2.51. The Labute approximate surface area is 310 Å². The van der Waals surface area contributed by atoms with E-state index in [-0.39, 0.29) is 45.8 Å². The topological polar surface area (TPSA) is 89.8 Å². The van der Waals surface area contributed by atoms with Crippen LogP contribution in [0.25, 0.3) is 11.1 Å². The maximum atomic E-state index is 14.8. The molecule has 3 heterocycles. The molecule has 1 aromatic carbocycles. The minimum Gasteiger partial charge on any atom is -0.496 e. The maximum Gasteiger partial charge on any atom is 0.410 e. The van der Waals surface area contributed by atoms with Crippen molar-refractivity contribution >= 4 is 17.8 Å². The van der Waals surface area contributed by atoms with Gasteiger partial charge in [0, 0.05) is 48.9 Å². The molecule has 9 nitrogen and oxygen atoms in total. The van der Waals surface area contributed by atoms with Gasteiger partial charge in [-0.1, -0.05) is 32.9 Å². The van der Waals surface area contributed by atoms with E-state index >= 15 is 0 Å². The third-order valence-electron chi connectivity index (χ3n) is 13.4. The summed E-state index contributed by atoms with van der Waals surface area (Å²) in [6, 6.07) is 10.9. The van der Waals surface area contributed by atoms with Gasteiger partial charge in [0.25, 0.3) is 0 Å². The lowest BCUT2D eigenvalue weighted by atomic mass is 9.51. The molecular weight excluding hydrogens is 651 g/mol. The first-order valence-corrected chi connectivity index (χ1v) is 19.7. The van der Waals surface area contributed by atoms with Crippen molar-refractivity contribution in [3.05, 3.63) is 60.0 Å². The Morgan fingerprint density at radius 2 is 1.65 bits per heavy atom. The number of fused-ring (bicyclic) bond motifs is 3. The van der Waals surface area contributed by atoms with Crippen LogP contribution in [0, 0.1) is 23.7 Å². The monoisotopic (exact) mass is 709 g/mol. The van der Waals surface area contributed by atoms with Gasteiger partial charge in [-0.3, -0.25) is 14.4 Å².